The molecule has 0 saturated carbocycles. The minimum absolute atomic E-state index is 0.285. The predicted octanol–water partition coefficient (Wildman–Crippen LogP) is 5.80. The number of allylic oxidation sites excluding steroid dienone is 1. The summed E-state index contributed by atoms with van der Waals surface area (Å²) in [6.07, 6.45) is 11.2. The summed E-state index contributed by atoms with van der Waals surface area (Å²) in [6, 6.07) is 0. The van der Waals surface area contributed by atoms with E-state index in [-0.39, 0.29) is 6.42 Å². The van der Waals surface area contributed by atoms with Crippen LogP contribution in [0.2, 0.25) is 13.3 Å². The molecule has 0 aliphatic carbocycles. The summed E-state index contributed by atoms with van der Waals surface area (Å²) in [5, 5.41) is 8.75. The molecular formula is C17H34O2Sn. The summed E-state index contributed by atoms with van der Waals surface area (Å²) >= 11 is -2.14. The third-order valence-electron chi connectivity index (χ3n) is 4.08. The molecule has 0 aromatic heterocycles. The second-order valence-corrected chi connectivity index (χ2v) is 19.0. The van der Waals surface area contributed by atoms with Crippen LogP contribution in [0.5, 0.6) is 0 Å². The molecule has 0 radical (unpaired) electrons. The van der Waals surface area contributed by atoms with E-state index in [1.807, 2.05) is 0 Å². The molecule has 0 spiro atoms. The first-order chi connectivity index (χ1) is 9.60. The zero-order chi connectivity index (χ0) is 15.3. The molecular weight excluding hydrogens is 355 g/mol. The normalized spacial score (nSPS) is 12.2. The van der Waals surface area contributed by atoms with E-state index in [0.29, 0.717) is 0 Å². The van der Waals surface area contributed by atoms with E-state index in [2.05, 4.69) is 30.9 Å². The standard InChI is InChI=1S/C5H7O2.3C4H9.Sn/c1-2-3-4-5(6)7;3*1-3-4-2;/h1-2H,3-4H2,(H,6,7);3*1,3-4H2,2H3;. The summed E-state index contributed by atoms with van der Waals surface area (Å²) < 4.78 is 6.97. The fourth-order valence-electron chi connectivity index (χ4n) is 2.75. The molecule has 0 aliphatic rings. The van der Waals surface area contributed by atoms with Crippen LogP contribution in [-0.4, -0.2) is 29.5 Å². The second kappa shape index (κ2) is 12.7. The third-order valence-corrected chi connectivity index (χ3v) is 18.3. The van der Waals surface area contributed by atoms with Gasteiger partial charge in [-0.1, -0.05) is 0 Å². The first kappa shape index (κ1) is 20.0. The van der Waals surface area contributed by atoms with Crippen molar-refractivity contribution in [3.63, 3.8) is 0 Å². The van der Waals surface area contributed by atoms with Crippen LogP contribution < -0.4 is 0 Å². The number of unbranched alkanes of at least 4 members (excludes halogenated alkanes) is 3. The van der Waals surface area contributed by atoms with Gasteiger partial charge >= 0.3 is 130 Å². The van der Waals surface area contributed by atoms with E-state index >= 15 is 0 Å². The van der Waals surface area contributed by atoms with Crippen molar-refractivity contribution in [3.8, 4) is 0 Å². The van der Waals surface area contributed by atoms with Gasteiger partial charge < -0.3 is 0 Å². The van der Waals surface area contributed by atoms with Crippen LogP contribution >= 0.6 is 0 Å². The molecule has 0 aliphatic heterocycles. The monoisotopic (exact) mass is 390 g/mol. The number of hydrogen-bond acceptors (Lipinski definition) is 1. The van der Waals surface area contributed by atoms with Gasteiger partial charge in [0.25, 0.3) is 0 Å². The predicted molar refractivity (Wildman–Crippen MR) is 90.9 cm³/mol. The van der Waals surface area contributed by atoms with Crippen molar-refractivity contribution in [1.82, 2.24) is 0 Å². The Morgan fingerprint density at radius 1 is 0.950 bits per heavy atom. The Balaban J connectivity index is 4.68. The number of carbonyl (C=O) groups is 1. The van der Waals surface area contributed by atoms with Gasteiger partial charge in [-0.15, -0.1) is 0 Å². The summed E-state index contributed by atoms with van der Waals surface area (Å²) in [6.45, 7) is 6.85. The van der Waals surface area contributed by atoms with Crippen LogP contribution in [0, 0.1) is 0 Å². The molecule has 0 heterocycles. The van der Waals surface area contributed by atoms with Crippen LogP contribution in [0.4, 0.5) is 0 Å². The zero-order valence-electron chi connectivity index (χ0n) is 13.8. The molecule has 0 amide bonds. The SMILES string of the molecule is CCC[CH2][Sn](/[CH]=C/CCC(=O)O)([CH2]CCC)[CH2]CCC. The summed E-state index contributed by atoms with van der Waals surface area (Å²) in [5.74, 6) is -0.675. The van der Waals surface area contributed by atoms with Crippen LogP contribution in [0.25, 0.3) is 0 Å². The molecule has 20 heavy (non-hydrogen) atoms. The Hall–Kier alpha value is 0.00870. The van der Waals surface area contributed by atoms with Gasteiger partial charge in [-0.2, -0.15) is 0 Å². The van der Waals surface area contributed by atoms with Crippen LogP contribution in [0.15, 0.2) is 10.2 Å². The van der Waals surface area contributed by atoms with Gasteiger partial charge in [-0.3, -0.25) is 0 Å². The average molecular weight is 389 g/mol. The summed E-state index contributed by atoms with van der Waals surface area (Å²) in [4.78, 5) is 10.6. The first-order valence-electron chi connectivity index (χ1n) is 8.49. The molecule has 0 unspecified atom stereocenters. The molecule has 0 bridgehead atoms. The van der Waals surface area contributed by atoms with Crippen molar-refractivity contribution in [3.05, 3.63) is 10.2 Å². The molecule has 0 aromatic rings. The fraction of sp³-hybridized carbons (Fsp3) is 0.824. The van der Waals surface area contributed by atoms with Gasteiger partial charge in [0, 0.05) is 0 Å². The molecule has 0 fully saturated rings. The second-order valence-electron chi connectivity index (χ2n) is 6.01. The quantitative estimate of drug-likeness (QED) is 0.405. The number of rotatable bonds is 13. The topological polar surface area (TPSA) is 37.3 Å². The Labute approximate surface area is 129 Å². The molecule has 2 nitrogen and oxygen atoms in total. The van der Waals surface area contributed by atoms with E-state index in [4.69, 9.17) is 5.11 Å². The number of hydrogen-bond donors (Lipinski definition) is 1. The van der Waals surface area contributed by atoms with Gasteiger partial charge in [-0.25, -0.2) is 0 Å². The summed E-state index contributed by atoms with van der Waals surface area (Å²) in [5.41, 5.74) is 0. The average Bonchev–Trinajstić information content (AvgIpc) is 2.44. The molecule has 1 N–H and O–H groups in total. The number of carboxylic acids is 1. The van der Waals surface area contributed by atoms with E-state index in [9.17, 15) is 4.79 Å². The van der Waals surface area contributed by atoms with Crippen molar-refractivity contribution < 1.29 is 9.90 Å². The Morgan fingerprint density at radius 2 is 1.40 bits per heavy atom. The minimum atomic E-state index is -2.14. The van der Waals surface area contributed by atoms with Gasteiger partial charge in [0.15, 0.2) is 0 Å². The van der Waals surface area contributed by atoms with E-state index < -0.39 is 24.3 Å². The maximum absolute atomic E-state index is 10.6. The van der Waals surface area contributed by atoms with Crippen LogP contribution in [0.3, 0.4) is 0 Å². The number of aliphatic carboxylic acids is 1. The van der Waals surface area contributed by atoms with E-state index in [0.717, 1.165) is 6.42 Å². The van der Waals surface area contributed by atoms with Crippen molar-refractivity contribution in [2.75, 3.05) is 0 Å². The van der Waals surface area contributed by atoms with Crippen LogP contribution in [-0.2, 0) is 4.79 Å². The van der Waals surface area contributed by atoms with Gasteiger partial charge in [-0.05, 0) is 0 Å². The van der Waals surface area contributed by atoms with Crippen LogP contribution in [0.1, 0.15) is 72.1 Å². The molecule has 0 atom stereocenters. The van der Waals surface area contributed by atoms with Crippen molar-refractivity contribution in [1.29, 1.82) is 0 Å². The first-order valence-corrected chi connectivity index (χ1v) is 16.2. The van der Waals surface area contributed by atoms with Gasteiger partial charge in [0.2, 0.25) is 0 Å². The van der Waals surface area contributed by atoms with E-state index in [1.165, 1.54) is 51.8 Å². The van der Waals surface area contributed by atoms with Crippen molar-refractivity contribution in [2.45, 2.75) is 85.4 Å². The number of carboxylic acid groups (broad SMARTS) is 1. The molecule has 0 saturated heterocycles. The Kier molecular flexibility index (Phi) is 12.7. The molecule has 118 valence electrons. The molecule has 0 rings (SSSR count). The molecule has 0 aromatic carbocycles. The zero-order valence-corrected chi connectivity index (χ0v) is 16.6. The van der Waals surface area contributed by atoms with E-state index in [1.54, 1.807) is 0 Å². The van der Waals surface area contributed by atoms with Gasteiger partial charge in [0.1, 0.15) is 0 Å². The van der Waals surface area contributed by atoms with Crippen molar-refractivity contribution in [2.24, 2.45) is 0 Å². The Morgan fingerprint density at radius 3 is 1.75 bits per heavy atom. The third kappa shape index (κ3) is 9.84. The summed E-state index contributed by atoms with van der Waals surface area (Å²) in [7, 11) is 0. The fourth-order valence-corrected chi connectivity index (χ4v) is 17.3. The Bertz CT molecular complexity index is 252. The maximum atomic E-state index is 10.6. The van der Waals surface area contributed by atoms with Gasteiger partial charge in [0.05, 0.1) is 0 Å². The molecule has 3 heteroatoms. The van der Waals surface area contributed by atoms with Crippen molar-refractivity contribution >= 4 is 24.3 Å².